The van der Waals surface area contributed by atoms with E-state index in [0.717, 1.165) is 28.3 Å². The van der Waals surface area contributed by atoms with Crippen molar-refractivity contribution in [1.29, 1.82) is 0 Å². The van der Waals surface area contributed by atoms with Crippen LogP contribution in [0.5, 0.6) is 5.75 Å². The fourth-order valence-corrected chi connectivity index (χ4v) is 4.72. The van der Waals surface area contributed by atoms with Crippen molar-refractivity contribution in [2.24, 2.45) is 0 Å². The van der Waals surface area contributed by atoms with Crippen LogP contribution < -0.4 is 4.57 Å². The first-order valence-electron chi connectivity index (χ1n) is 11.1. The van der Waals surface area contributed by atoms with Crippen molar-refractivity contribution < 1.29 is 9.67 Å². The number of rotatable bonds is 3. The van der Waals surface area contributed by atoms with E-state index in [1.165, 1.54) is 16.2 Å². The van der Waals surface area contributed by atoms with Gasteiger partial charge in [-0.1, -0.05) is 60.7 Å². The third-order valence-corrected chi connectivity index (χ3v) is 6.24. The molecule has 6 nitrogen and oxygen atoms in total. The molecule has 0 amide bonds. The number of aromatic hydroxyl groups is 1. The predicted octanol–water partition coefficient (Wildman–Crippen LogP) is 5.23. The number of fused-ring (bicyclic) bond motifs is 5. The normalized spacial score (nSPS) is 11.6. The van der Waals surface area contributed by atoms with Gasteiger partial charge in [0.2, 0.25) is 11.6 Å². The summed E-state index contributed by atoms with van der Waals surface area (Å²) in [6, 6.07) is 29.9. The zero-order chi connectivity index (χ0) is 22.6. The third-order valence-electron chi connectivity index (χ3n) is 6.24. The van der Waals surface area contributed by atoms with Crippen molar-refractivity contribution >= 4 is 32.8 Å². The summed E-state index contributed by atoms with van der Waals surface area (Å²) >= 11 is 0. The maximum absolute atomic E-state index is 10.2. The highest BCUT2D eigenvalue weighted by Crippen LogP contribution is 2.36. The summed E-state index contributed by atoms with van der Waals surface area (Å²) in [5.41, 5.74) is 3.88. The Kier molecular flexibility index (Phi) is 3.90. The molecular weight excluding hydrogens is 422 g/mol. The molecule has 0 fully saturated rings. The Hall–Kier alpha value is -4.84. The monoisotopic (exact) mass is 441 g/mol. The van der Waals surface area contributed by atoms with Gasteiger partial charge in [0.1, 0.15) is 11.4 Å². The number of aromatic nitrogens is 5. The summed E-state index contributed by atoms with van der Waals surface area (Å²) in [7, 11) is 0. The first kappa shape index (κ1) is 18.7. The minimum absolute atomic E-state index is 0.197. The molecule has 4 heterocycles. The number of hydrogen-bond acceptors (Lipinski definition) is 2. The lowest BCUT2D eigenvalue weighted by atomic mass is 10.1. The van der Waals surface area contributed by atoms with Crippen molar-refractivity contribution in [1.82, 2.24) is 19.1 Å². The molecule has 0 aliphatic carbocycles. The summed E-state index contributed by atoms with van der Waals surface area (Å²) in [5, 5.41) is 13.8. The molecule has 4 aromatic heterocycles. The Morgan fingerprint density at radius 2 is 1.62 bits per heavy atom. The van der Waals surface area contributed by atoms with E-state index in [1.807, 2.05) is 53.4 Å². The molecule has 7 rings (SSSR count). The van der Waals surface area contributed by atoms with Crippen LogP contribution in [0, 0.1) is 6.33 Å². The second-order valence-electron chi connectivity index (χ2n) is 8.23. The van der Waals surface area contributed by atoms with Crippen LogP contribution in [-0.4, -0.2) is 24.2 Å². The molecule has 0 radical (unpaired) electrons. The molecule has 34 heavy (non-hydrogen) atoms. The van der Waals surface area contributed by atoms with E-state index in [4.69, 9.17) is 4.98 Å². The average Bonchev–Trinajstić information content (AvgIpc) is 3.58. The first-order chi connectivity index (χ1) is 16.8. The van der Waals surface area contributed by atoms with Gasteiger partial charge < -0.3 is 19.2 Å². The summed E-state index contributed by atoms with van der Waals surface area (Å²) in [6.45, 7) is 0. The number of H-pyrrole nitrogens is 1. The molecule has 0 aliphatic heterocycles. The van der Waals surface area contributed by atoms with E-state index >= 15 is 0 Å². The highest BCUT2D eigenvalue weighted by molar-refractivity contribution is 6.21. The summed E-state index contributed by atoms with van der Waals surface area (Å²) in [6.07, 6.45) is 6.98. The predicted molar refractivity (Wildman–Crippen MR) is 132 cm³/mol. The molecule has 2 N–H and O–H groups in total. The Bertz CT molecular complexity index is 1840. The zero-order valence-corrected chi connectivity index (χ0v) is 18.1. The van der Waals surface area contributed by atoms with Crippen LogP contribution in [-0.2, 0) is 0 Å². The Morgan fingerprint density at radius 1 is 0.824 bits per heavy atom. The number of hydrogen-bond donors (Lipinski definition) is 2. The van der Waals surface area contributed by atoms with Gasteiger partial charge in [-0.05, 0) is 30.3 Å². The molecule has 0 saturated heterocycles. The standard InChI is InChI=1S/C28H19N5O/c34-24-13-6-5-12-23(24)31-16-17-32(18-31)25-14-7-15-26(30-25)33-22-11-4-2-9-20(22)27-19-8-1-3-10-21(19)29-28(27)33/h1-17,29,34H. The van der Waals surface area contributed by atoms with E-state index in [0.29, 0.717) is 5.69 Å². The Morgan fingerprint density at radius 3 is 2.53 bits per heavy atom. The number of benzene rings is 3. The number of nitrogens with one attached hydrogen (secondary N) is 1. The van der Waals surface area contributed by atoms with Crippen LogP contribution in [0.1, 0.15) is 0 Å². The molecule has 6 heteroatoms. The molecule has 0 spiro atoms. The lowest BCUT2D eigenvalue weighted by Gasteiger charge is -2.07. The van der Waals surface area contributed by atoms with Gasteiger partial charge in [0.25, 0.3) is 0 Å². The molecule has 0 bridgehead atoms. The smallest absolute Gasteiger partial charge is 0.206 e. The number of imidazole rings is 1. The number of aromatic amines is 1. The van der Waals surface area contributed by atoms with Crippen molar-refractivity contribution in [2.45, 2.75) is 0 Å². The van der Waals surface area contributed by atoms with Gasteiger partial charge in [-0.15, -0.1) is 4.98 Å². The Labute approximate surface area is 194 Å². The minimum atomic E-state index is 0.197. The van der Waals surface area contributed by atoms with Gasteiger partial charge in [-0.25, -0.2) is 0 Å². The van der Waals surface area contributed by atoms with Crippen molar-refractivity contribution in [3.63, 3.8) is 0 Å². The average molecular weight is 441 g/mol. The quantitative estimate of drug-likeness (QED) is 0.291. The lowest BCUT2D eigenvalue weighted by Crippen LogP contribution is -2.30. The number of phenols is 1. The van der Waals surface area contributed by atoms with E-state index in [-0.39, 0.29) is 5.75 Å². The van der Waals surface area contributed by atoms with E-state index in [9.17, 15) is 5.11 Å². The molecule has 7 aromatic rings. The fraction of sp³-hybridized carbons (Fsp3) is 0. The molecule has 162 valence electrons. The second-order valence-corrected chi connectivity index (χ2v) is 8.23. The van der Waals surface area contributed by atoms with Crippen LogP contribution in [0.15, 0.2) is 103 Å². The van der Waals surface area contributed by atoms with Crippen LogP contribution in [0.4, 0.5) is 0 Å². The molecule has 0 atom stereocenters. The van der Waals surface area contributed by atoms with E-state index in [2.05, 4.69) is 58.3 Å². The van der Waals surface area contributed by atoms with Crippen molar-refractivity contribution in [3.8, 4) is 23.1 Å². The number of phenolic OH excluding ortho intramolecular Hbond substituents is 1. The largest absolute Gasteiger partial charge is 0.512 e. The van der Waals surface area contributed by atoms with Gasteiger partial charge in [0.15, 0.2) is 6.33 Å². The number of para-hydroxylation sites is 4. The van der Waals surface area contributed by atoms with Crippen LogP contribution in [0.3, 0.4) is 0 Å². The van der Waals surface area contributed by atoms with Crippen molar-refractivity contribution in [2.75, 3.05) is 0 Å². The summed E-state index contributed by atoms with van der Waals surface area (Å²) < 4.78 is 5.75. The third kappa shape index (κ3) is 2.69. The molecule has 0 aliphatic rings. The van der Waals surface area contributed by atoms with Gasteiger partial charge in [0.05, 0.1) is 11.2 Å². The van der Waals surface area contributed by atoms with Gasteiger partial charge in [-0.2, -0.15) is 0 Å². The highest BCUT2D eigenvalue weighted by atomic mass is 16.3. The molecule has 0 saturated carbocycles. The zero-order valence-electron chi connectivity index (χ0n) is 18.1. The molecular formula is C28H19N5O. The van der Waals surface area contributed by atoms with Crippen molar-refractivity contribution in [3.05, 3.63) is 110 Å². The lowest BCUT2D eigenvalue weighted by molar-refractivity contribution is -0.603. The number of pyridine rings is 1. The fourth-order valence-electron chi connectivity index (χ4n) is 4.72. The van der Waals surface area contributed by atoms with Gasteiger partial charge in [0, 0.05) is 34.1 Å². The van der Waals surface area contributed by atoms with Crippen LogP contribution >= 0.6 is 0 Å². The maximum Gasteiger partial charge on any atom is 0.206 e. The summed E-state index contributed by atoms with van der Waals surface area (Å²) in [4.78, 5) is 8.59. The maximum atomic E-state index is 10.2. The van der Waals surface area contributed by atoms with E-state index < -0.39 is 0 Å². The SMILES string of the molecule is Oc1ccccc1-n1[c-][n+](-c2cccc(-n3c4ccccc4c4c5ccccc5[nH]c43)n2)cc1. The first-order valence-corrected chi connectivity index (χ1v) is 11.1. The summed E-state index contributed by atoms with van der Waals surface area (Å²) in [5.74, 6) is 1.74. The van der Waals surface area contributed by atoms with Crippen LogP contribution in [0.2, 0.25) is 0 Å². The Balaban J connectivity index is 1.42. The molecule has 0 unspecified atom stereocenters. The number of nitrogens with zero attached hydrogens (tertiary/aromatic N) is 4. The second kappa shape index (κ2) is 7.08. The van der Waals surface area contributed by atoms with Crippen LogP contribution in [0.25, 0.3) is 50.2 Å². The highest BCUT2D eigenvalue weighted by Gasteiger charge is 2.19. The topological polar surface area (TPSA) is 62.6 Å². The minimum Gasteiger partial charge on any atom is -0.512 e. The van der Waals surface area contributed by atoms with Gasteiger partial charge in [-0.3, -0.25) is 4.57 Å². The van der Waals surface area contributed by atoms with Gasteiger partial charge >= 0.3 is 0 Å². The molecule has 3 aromatic carbocycles. The van der Waals surface area contributed by atoms with E-state index in [1.54, 1.807) is 16.7 Å².